The van der Waals surface area contributed by atoms with Crippen LogP contribution in [-0.4, -0.2) is 56.9 Å². The Morgan fingerprint density at radius 2 is 1.47 bits per heavy atom. The van der Waals surface area contributed by atoms with E-state index >= 15 is 0 Å². The van der Waals surface area contributed by atoms with Crippen molar-refractivity contribution in [2.75, 3.05) is 0 Å². The largest absolute Gasteiger partial charge is 0.458 e. The highest BCUT2D eigenvalue weighted by atomic mass is 16.6. The van der Waals surface area contributed by atoms with Crippen LogP contribution in [0.4, 0.5) is 0 Å². The number of rotatable bonds is 0. The number of nitrogens with two attached hydrogens (primary N) is 1. The van der Waals surface area contributed by atoms with Gasteiger partial charge in [0.05, 0.1) is 11.0 Å². The number of carbonyl (C=O) groups is 3. The van der Waals surface area contributed by atoms with E-state index in [1.807, 2.05) is 0 Å². The maximum atomic E-state index is 14.3. The molecule has 5 saturated carbocycles. The molecule has 7 aliphatic rings. The van der Waals surface area contributed by atoms with Gasteiger partial charge in [-0.05, 0) is 50.9 Å². The Kier molecular flexibility index (Phi) is 4.60. The molecular formula is C30H35NO7. The summed E-state index contributed by atoms with van der Waals surface area (Å²) in [4.78, 5) is 39.6. The molecule has 7 rings (SSSR count). The zero-order valence-corrected chi connectivity index (χ0v) is 21.5. The normalized spacial score (nSPS) is 53.2. The second-order valence-electron chi connectivity index (χ2n) is 13.0. The average Bonchev–Trinajstić information content (AvgIpc) is 3.49. The topological polar surface area (TPSA) is 136 Å². The van der Waals surface area contributed by atoms with E-state index in [2.05, 4.69) is 26.3 Å². The first-order chi connectivity index (χ1) is 17.8. The SMILES string of the molecule is C=C1C(=O)O[C@H]2C1CCC(=C)[C@@H]1C[C@]3(O)[C@]4(CC[C@]3(O)[C@@H]12)C(=O)C[C@H]1C(=C)CC[C@H]2C(=C)C(=O)O[C@@H]2[C@]14N. The number of ether oxygens (including phenoxy) is 2. The molecule has 1 spiro atoms. The van der Waals surface area contributed by atoms with Crippen LogP contribution in [0.25, 0.3) is 0 Å². The van der Waals surface area contributed by atoms with Crippen molar-refractivity contribution < 1.29 is 34.1 Å². The zero-order valence-electron chi connectivity index (χ0n) is 21.5. The van der Waals surface area contributed by atoms with Crippen LogP contribution in [-0.2, 0) is 23.9 Å². The van der Waals surface area contributed by atoms with E-state index in [1.54, 1.807) is 0 Å². The van der Waals surface area contributed by atoms with Crippen molar-refractivity contribution in [3.63, 3.8) is 0 Å². The van der Waals surface area contributed by atoms with Crippen LogP contribution >= 0.6 is 0 Å². The molecule has 0 aromatic carbocycles. The molecule has 8 heteroatoms. The van der Waals surface area contributed by atoms with Crippen molar-refractivity contribution in [3.8, 4) is 0 Å². The third-order valence-corrected chi connectivity index (χ3v) is 12.0. The summed E-state index contributed by atoms with van der Waals surface area (Å²) in [5, 5.41) is 25.5. The van der Waals surface area contributed by atoms with Gasteiger partial charge in [0.1, 0.15) is 29.2 Å². The number of allylic oxidation sites excluding steroid dienone is 1. The van der Waals surface area contributed by atoms with Gasteiger partial charge in [-0.15, -0.1) is 0 Å². The molecule has 0 radical (unpaired) electrons. The molecule has 2 heterocycles. The second kappa shape index (κ2) is 7.14. The molecule has 38 heavy (non-hydrogen) atoms. The lowest BCUT2D eigenvalue weighted by atomic mass is 9.55. The quantitative estimate of drug-likeness (QED) is 0.250. The molecule has 0 amide bonds. The van der Waals surface area contributed by atoms with E-state index in [0.717, 1.165) is 11.1 Å². The van der Waals surface area contributed by atoms with Gasteiger partial charge in [-0.2, -0.15) is 0 Å². The molecular weight excluding hydrogens is 486 g/mol. The molecule has 1 unspecified atom stereocenters. The molecule has 7 fully saturated rings. The Morgan fingerprint density at radius 1 is 0.842 bits per heavy atom. The maximum Gasteiger partial charge on any atom is 0.334 e. The highest BCUT2D eigenvalue weighted by molar-refractivity contribution is 5.95. The zero-order chi connectivity index (χ0) is 27.2. The number of hydrogen-bond donors (Lipinski definition) is 3. The van der Waals surface area contributed by atoms with Crippen LogP contribution in [0.1, 0.15) is 51.4 Å². The van der Waals surface area contributed by atoms with E-state index < -0.39 is 64.1 Å². The van der Waals surface area contributed by atoms with Crippen molar-refractivity contribution in [2.45, 2.75) is 80.3 Å². The number of fused-ring (bicyclic) bond motifs is 10. The molecule has 0 aromatic heterocycles. The molecule has 0 aromatic rings. The predicted molar refractivity (Wildman–Crippen MR) is 135 cm³/mol. The van der Waals surface area contributed by atoms with E-state index in [0.29, 0.717) is 36.8 Å². The number of carbonyl (C=O) groups excluding carboxylic acids is 3. The van der Waals surface area contributed by atoms with Gasteiger partial charge >= 0.3 is 11.9 Å². The van der Waals surface area contributed by atoms with Crippen molar-refractivity contribution in [3.05, 3.63) is 48.6 Å². The smallest absolute Gasteiger partial charge is 0.334 e. The summed E-state index contributed by atoms with van der Waals surface area (Å²) in [6.07, 6.45) is 1.19. The summed E-state index contributed by atoms with van der Waals surface area (Å²) in [5.74, 6) is -3.49. The molecule has 0 bridgehead atoms. The first-order valence-electron chi connectivity index (χ1n) is 13.8. The van der Waals surface area contributed by atoms with Crippen molar-refractivity contribution in [1.29, 1.82) is 0 Å². The fraction of sp³-hybridized carbons (Fsp3) is 0.633. The maximum absolute atomic E-state index is 14.3. The summed E-state index contributed by atoms with van der Waals surface area (Å²) in [5.41, 5.74) is 3.00. The summed E-state index contributed by atoms with van der Waals surface area (Å²) < 4.78 is 11.7. The molecule has 202 valence electrons. The van der Waals surface area contributed by atoms with Gasteiger partial charge in [0.15, 0.2) is 0 Å². The van der Waals surface area contributed by atoms with Crippen LogP contribution in [0.15, 0.2) is 48.6 Å². The minimum absolute atomic E-state index is 0.0646. The summed E-state index contributed by atoms with van der Waals surface area (Å²) in [6.45, 7) is 16.5. The van der Waals surface area contributed by atoms with Crippen LogP contribution < -0.4 is 5.73 Å². The number of aliphatic hydroxyl groups is 2. The third kappa shape index (κ3) is 2.35. The Balaban J connectivity index is 1.42. The van der Waals surface area contributed by atoms with E-state index in [4.69, 9.17) is 15.2 Å². The standard InChI is InChI=1S/C30H35NO7/c1-13-5-7-17-15(3)25(33)37-23(17)22-19(13)12-29(36)27(9-10-28(22,29)35)21(32)11-20-14(2)6-8-18-16(4)26(34)38-24(18)30(20,27)31/h17-20,22-24,35-36H,1-12,31H2/t17?,18-,19-,20-,22-,23-,24-,27-,28-,29-,30+/m0/s1. The average molecular weight is 522 g/mol. The van der Waals surface area contributed by atoms with Crippen LogP contribution in [0.5, 0.6) is 0 Å². The first-order valence-corrected chi connectivity index (χ1v) is 13.8. The lowest BCUT2D eigenvalue weighted by Crippen LogP contribution is -2.74. The third-order valence-electron chi connectivity index (χ3n) is 12.0. The van der Waals surface area contributed by atoms with Gasteiger partial charge in [-0.1, -0.05) is 37.5 Å². The minimum atomic E-state index is -1.94. The van der Waals surface area contributed by atoms with E-state index in [1.165, 1.54) is 0 Å². The molecule has 2 aliphatic heterocycles. The monoisotopic (exact) mass is 521 g/mol. The van der Waals surface area contributed by atoms with Gasteiger partial charge in [0, 0.05) is 41.2 Å². The highest BCUT2D eigenvalue weighted by Gasteiger charge is 2.86. The Labute approximate surface area is 221 Å². The number of ketones is 1. The first kappa shape index (κ1) is 24.5. The van der Waals surface area contributed by atoms with Crippen LogP contribution in [0, 0.1) is 35.0 Å². The van der Waals surface area contributed by atoms with Crippen LogP contribution in [0.3, 0.4) is 0 Å². The van der Waals surface area contributed by atoms with Crippen molar-refractivity contribution in [1.82, 2.24) is 0 Å². The number of Topliss-reactive ketones (excluding diaryl/α,β-unsaturated/α-hetero) is 1. The minimum Gasteiger partial charge on any atom is -0.458 e. The highest BCUT2D eigenvalue weighted by Crippen LogP contribution is 2.75. The second-order valence-corrected chi connectivity index (χ2v) is 13.0. The molecule has 11 atom stereocenters. The Hall–Kier alpha value is -2.55. The summed E-state index contributed by atoms with van der Waals surface area (Å²) in [7, 11) is 0. The van der Waals surface area contributed by atoms with Gasteiger partial charge in [-0.3, -0.25) is 4.79 Å². The van der Waals surface area contributed by atoms with E-state index in [9.17, 15) is 24.6 Å². The molecule has 8 nitrogen and oxygen atoms in total. The fourth-order valence-electron chi connectivity index (χ4n) is 10.3. The van der Waals surface area contributed by atoms with Crippen molar-refractivity contribution in [2.24, 2.45) is 40.7 Å². The predicted octanol–water partition coefficient (Wildman–Crippen LogP) is 2.05. The van der Waals surface area contributed by atoms with Gasteiger partial charge in [-0.25, -0.2) is 9.59 Å². The van der Waals surface area contributed by atoms with Gasteiger partial charge in [0.25, 0.3) is 0 Å². The number of esters is 2. The van der Waals surface area contributed by atoms with Crippen molar-refractivity contribution >= 4 is 17.7 Å². The molecule has 2 saturated heterocycles. The summed E-state index contributed by atoms with van der Waals surface area (Å²) >= 11 is 0. The van der Waals surface area contributed by atoms with Gasteiger partial charge < -0.3 is 25.4 Å². The van der Waals surface area contributed by atoms with Crippen LogP contribution in [0.2, 0.25) is 0 Å². The summed E-state index contributed by atoms with van der Waals surface area (Å²) in [6, 6.07) is 0. The molecule has 4 N–H and O–H groups in total. The Bertz CT molecular complexity index is 1280. The Morgan fingerprint density at radius 3 is 2.21 bits per heavy atom. The lowest BCUT2D eigenvalue weighted by molar-refractivity contribution is -0.209. The number of hydrogen-bond acceptors (Lipinski definition) is 8. The molecule has 5 aliphatic carbocycles. The van der Waals surface area contributed by atoms with E-state index in [-0.39, 0.29) is 43.3 Å². The lowest BCUT2D eigenvalue weighted by Gasteiger charge is -2.54. The van der Waals surface area contributed by atoms with Gasteiger partial charge in [0.2, 0.25) is 0 Å². The fourth-order valence-corrected chi connectivity index (χ4v) is 10.3.